The van der Waals surface area contributed by atoms with Crippen molar-refractivity contribution in [3.8, 4) is 17.3 Å². The third kappa shape index (κ3) is 3.62. The molecule has 3 aromatic rings. The molecule has 1 aliphatic heterocycles. The number of aryl methyl sites for hydroxylation is 1. The Kier molecular flexibility index (Phi) is 5.08. The fraction of sp³-hybridized carbons (Fsp3) is 0.400. The van der Waals surface area contributed by atoms with E-state index in [4.69, 9.17) is 5.26 Å². The summed E-state index contributed by atoms with van der Waals surface area (Å²) < 4.78 is 0. The van der Waals surface area contributed by atoms with Crippen LogP contribution in [0, 0.1) is 24.2 Å². The van der Waals surface area contributed by atoms with Crippen LogP contribution >= 0.6 is 0 Å². The number of nitrogens with one attached hydrogen (secondary N) is 3. The zero-order valence-electron chi connectivity index (χ0n) is 15.8. The van der Waals surface area contributed by atoms with Gasteiger partial charge in [0, 0.05) is 42.5 Å². The number of carbonyl (C=O) groups is 1. The molecular weight excluding hydrogens is 354 g/mol. The number of fused-ring (bicyclic) bond motifs is 1. The fourth-order valence-electron chi connectivity index (χ4n) is 3.86. The van der Waals surface area contributed by atoms with E-state index in [1.54, 1.807) is 0 Å². The summed E-state index contributed by atoms with van der Waals surface area (Å²) in [5.41, 5.74) is 4.69. The van der Waals surface area contributed by atoms with Gasteiger partial charge in [-0.2, -0.15) is 10.4 Å². The van der Waals surface area contributed by atoms with E-state index in [0.29, 0.717) is 6.54 Å². The summed E-state index contributed by atoms with van der Waals surface area (Å²) in [6, 6.07) is 6.32. The van der Waals surface area contributed by atoms with Crippen LogP contribution in [0.1, 0.15) is 18.5 Å². The Morgan fingerprint density at radius 2 is 2.43 bits per heavy atom. The first kappa shape index (κ1) is 18.2. The largest absolute Gasteiger partial charge is 0.380 e. The van der Waals surface area contributed by atoms with Gasteiger partial charge in [-0.15, -0.1) is 0 Å². The molecule has 1 saturated heterocycles. The molecule has 1 fully saturated rings. The highest BCUT2D eigenvalue weighted by Gasteiger charge is 2.24. The number of aldehydes is 1. The van der Waals surface area contributed by atoms with Gasteiger partial charge in [-0.05, 0) is 38.4 Å². The number of nitrogens with zero attached hydrogens (tertiary/aromatic N) is 4. The number of hydrogen-bond donors (Lipinski definition) is 3. The lowest BCUT2D eigenvalue weighted by atomic mass is 10.0. The summed E-state index contributed by atoms with van der Waals surface area (Å²) in [4.78, 5) is 20.9. The number of rotatable bonds is 6. The maximum Gasteiger partial charge on any atom is 0.139 e. The molecule has 1 aliphatic rings. The van der Waals surface area contributed by atoms with Crippen LogP contribution in [0.3, 0.4) is 0 Å². The predicted molar refractivity (Wildman–Crippen MR) is 107 cm³/mol. The highest BCUT2D eigenvalue weighted by Crippen LogP contribution is 2.34. The number of H-pyrrole nitrogens is 2. The first-order chi connectivity index (χ1) is 13.7. The highest BCUT2D eigenvalue weighted by molar-refractivity contribution is 5.97. The second-order valence-corrected chi connectivity index (χ2v) is 7.32. The van der Waals surface area contributed by atoms with Gasteiger partial charge < -0.3 is 15.1 Å². The van der Waals surface area contributed by atoms with Gasteiger partial charge in [0.05, 0.1) is 23.1 Å². The molecule has 1 unspecified atom stereocenters. The van der Waals surface area contributed by atoms with Crippen molar-refractivity contribution >= 4 is 23.0 Å². The standard InChI is InChI=1S/C20H23N7O/c1-13-7-18(26-25-13)17-9-23-20-16(4-5-22-20)19(17)24-15-3-2-6-27(11-15)10-14(8-21)12-28/h4-5,7,9,12,14-15H,2-3,6,10-11H2,1H3,(H,25,26)(H2,22,23,24)/t14?,15-/m1/s1. The van der Waals surface area contributed by atoms with Gasteiger partial charge >= 0.3 is 0 Å². The molecule has 28 heavy (non-hydrogen) atoms. The Labute approximate surface area is 163 Å². The van der Waals surface area contributed by atoms with Gasteiger partial charge in [0.2, 0.25) is 0 Å². The Balaban J connectivity index is 1.61. The number of hydrogen-bond acceptors (Lipinski definition) is 6. The van der Waals surface area contributed by atoms with Crippen LogP contribution in [0.2, 0.25) is 0 Å². The topological polar surface area (TPSA) is 113 Å². The van der Waals surface area contributed by atoms with Gasteiger partial charge in [-0.3, -0.25) is 10.00 Å². The van der Waals surface area contributed by atoms with Crippen LogP contribution in [0.5, 0.6) is 0 Å². The number of piperidine rings is 1. The molecule has 0 aliphatic carbocycles. The number of pyridine rings is 1. The maximum absolute atomic E-state index is 11.0. The van der Waals surface area contributed by atoms with E-state index in [1.165, 1.54) is 0 Å². The molecule has 3 N–H and O–H groups in total. The van der Waals surface area contributed by atoms with Crippen molar-refractivity contribution in [1.29, 1.82) is 5.26 Å². The van der Waals surface area contributed by atoms with Gasteiger partial charge in [-0.25, -0.2) is 4.98 Å². The van der Waals surface area contributed by atoms with E-state index in [0.717, 1.165) is 65.9 Å². The SMILES string of the molecule is Cc1cc(-c2cnc3[nH]ccc3c2N[C@@H]2CCCN(CC(C#N)C=O)C2)[nH]n1. The number of aromatic amines is 2. The lowest BCUT2D eigenvalue weighted by Gasteiger charge is -2.34. The summed E-state index contributed by atoms with van der Waals surface area (Å²) >= 11 is 0. The third-order valence-electron chi connectivity index (χ3n) is 5.22. The number of likely N-dealkylation sites (tertiary alicyclic amines) is 1. The normalized spacial score (nSPS) is 18.6. The van der Waals surface area contributed by atoms with Gasteiger partial charge in [-0.1, -0.05) is 0 Å². The molecule has 8 heteroatoms. The zero-order valence-corrected chi connectivity index (χ0v) is 15.8. The summed E-state index contributed by atoms with van der Waals surface area (Å²) in [6.45, 7) is 4.14. The molecule has 0 bridgehead atoms. The van der Waals surface area contributed by atoms with Gasteiger partial charge in [0.15, 0.2) is 0 Å². The predicted octanol–water partition coefficient (Wildman–Crippen LogP) is 2.48. The number of anilines is 1. The lowest BCUT2D eigenvalue weighted by Crippen LogP contribution is -2.44. The molecule has 4 rings (SSSR count). The number of nitriles is 1. The monoisotopic (exact) mass is 377 g/mol. The van der Waals surface area contributed by atoms with Gasteiger partial charge in [0.1, 0.15) is 17.9 Å². The molecule has 3 aromatic heterocycles. The van der Waals surface area contributed by atoms with Crippen molar-refractivity contribution in [3.63, 3.8) is 0 Å². The van der Waals surface area contributed by atoms with E-state index in [2.05, 4.69) is 36.5 Å². The fourth-order valence-corrected chi connectivity index (χ4v) is 3.86. The maximum atomic E-state index is 11.0. The molecule has 4 heterocycles. The molecule has 0 saturated carbocycles. The van der Waals surface area contributed by atoms with Crippen LogP contribution in [-0.2, 0) is 4.79 Å². The Morgan fingerprint density at radius 3 is 3.18 bits per heavy atom. The van der Waals surface area contributed by atoms with E-state index in [1.807, 2.05) is 31.5 Å². The van der Waals surface area contributed by atoms with E-state index in [-0.39, 0.29) is 6.04 Å². The average molecular weight is 377 g/mol. The van der Waals surface area contributed by atoms with E-state index in [9.17, 15) is 4.79 Å². The molecule has 0 amide bonds. The van der Waals surface area contributed by atoms with E-state index < -0.39 is 5.92 Å². The molecule has 0 spiro atoms. The first-order valence-electron chi connectivity index (χ1n) is 9.50. The molecule has 0 aromatic carbocycles. The lowest BCUT2D eigenvalue weighted by molar-refractivity contribution is -0.110. The van der Waals surface area contributed by atoms with Crippen molar-refractivity contribution in [3.05, 3.63) is 30.2 Å². The molecule has 2 atom stereocenters. The highest BCUT2D eigenvalue weighted by atomic mass is 16.1. The third-order valence-corrected chi connectivity index (χ3v) is 5.22. The summed E-state index contributed by atoms with van der Waals surface area (Å²) in [5, 5.41) is 21.1. The summed E-state index contributed by atoms with van der Waals surface area (Å²) in [5.74, 6) is -0.570. The quantitative estimate of drug-likeness (QED) is 0.569. The molecule has 0 radical (unpaired) electrons. The summed E-state index contributed by atoms with van der Waals surface area (Å²) in [6.07, 6.45) is 6.54. The first-order valence-corrected chi connectivity index (χ1v) is 9.50. The minimum Gasteiger partial charge on any atom is -0.380 e. The molecule has 8 nitrogen and oxygen atoms in total. The Hall–Kier alpha value is -3.18. The van der Waals surface area contributed by atoms with Crippen LogP contribution < -0.4 is 5.32 Å². The zero-order chi connectivity index (χ0) is 19.5. The van der Waals surface area contributed by atoms with Crippen LogP contribution in [-0.4, -0.2) is 57.0 Å². The van der Waals surface area contributed by atoms with Crippen LogP contribution in [0.15, 0.2) is 24.5 Å². The molecule has 144 valence electrons. The van der Waals surface area contributed by atoms with Crippen LogP contribution in [0.25, 0.3) is 22.3 Å². The minimum atomic E-state index is -0.570. The van der Waals surface area contributed by atoms with Crippen molar-refractivity contribution in [2.24, 2.45) is 5.92 Å². The van der Waals surface area contributed by atoms with Crippen molar-refractivity contribution in [2.45, 2.75) is 25.8 Å². The second-order valence-electron chi connectivity index (χ2n) is 7.32. The summed E-state index contributed by atoms with van der Waals surface area (Å²) in [7, 11) is 0. The Morgan fingerprint density at radius 1 is 1.54 bits per heavy atom. The van der Waals surface area contributed by atoms with E-state index >= 15 is 0 Å². The minimum absolute atomic E-state index is 0.225. The number of carbonyl (C=O) groups excluding carboxylic acids is 1. The van der Waals surface area contributed by atoms with Crippen LogP contribution in [0.4, 0.5) is 5.69 Å². The van der Waals surface area contributed by atoms with Crippen molar-refractivity contribution < 1.29 is 4.79 Å². The number of aromatic nitrogens is 4. The van der Waals surface area contributed by atoms with Crippen molar-refractivity contribution in [2.75, 3.05) is 25.0 Å². The molecular formula is C20H23N7O. The second kappa shape index (κ2) is 7.82. The Bertz CT molecular complexity index is 1020. The van der Waals surface area contributed by atoms with Crippen molar-refractivity contribution in [1.82, 2.24) is 25.1 Å². The average Bonchev–Trinajstić information content (AvgIpc) is 3.35. The van der Waals surface area contributed by atoms with Gasteiger partial charge in [0.25, 0.3) is 0 Å². The smallest absolute Gasteiger partial charge is 0.139 e.